The SMILES string of the molecule is NCCCCC(N)C(=O)O.NS(=O)[O-]. The van der Waals surface area contributed by atoms with Crippen LogP contribution in [-0.2, 0) is 16.1 Å². The van der Waals surface area contributed by atoms with E-state index in [1.807, 2.05) is 0 Å². The topological polar surface area (TPSA) is 155 Å². The predicted molar refractivity (Wildman–Crippen MR) is 51.6 cm³/mol. The van der Waals surface area contributed by atoms with E-state index in [0.29, 0.717) is 13.0 Å². The van der Waals surface area contributed by atoms with Gasteiger partial charge in [0.15, 0.2) is 0 Å². The molecule has 0 aliphatic rings. The summed E-state index contributed by atoms with van der Waals surface area (Å²) in [6.07, 6.45) is 2.16. The van der Waals surface area contributed by atoms with Gasteiger partial charge in [0.05, 0.1) is 0 Å². The Hall–Kier alpha value is -0.540. The highest BCUT2D eigenvalue weighted by molar-refractivity contribution is 7.76. The molecule has 0 fully saturated rings. The summed E-state index contributed by atoms with van der Waals surface area (Å²) in [7, 11) is 0. The van der Waals surface area contributed by atoms with Crippen LogP contribution < -0.4 is 16.6 Å². The Bertz CT molecular complexity index is 174. The molecule has 2 atom stereocenters. The van der Waals surface area contributed by atoms with Crippen molar-refractivity contribution in [2.75, 3.05) is 6.54 Å². The molecule has 0 aliphatic heterocycles. The Kier molecular flexibility index (Phi) is 12.0. The van der Waals surface area contributed by atoms with Crippen molar-refractivity contribution in [3.05, 3.63) is 0 Å². The molecule has 86 valence electrons. The van der Waals surface area contributed by atoms with Crippen LogP contribution in [0.15, 0.2) is 0 Å². The Morgan fingerprint density at radius 2 is 1.93 bits per heavy atom. The van der Waals surface area contributed by atoms with Crippen molar-refractivity contribution in [3.63, 3.8) is 0 Å². The van der Waals surface area contributed by atoms with Crippen molar-refractivity contribution in [1.29, 1.82) is 0 Å². The van der Waals surface area contributed by atoms with Crippen LogP contribution in [0.3, 0.4) is 0 Å². The molecule has 14 heavy (non-hydrogen) atoms. The molecule has 2 unspecified atom stereocenters. The Balaban J connectivity index is 0. The monoisotopic (exact) mass is 226 g/mol. The summed E-state index contributed by atoms with van der Waals surface area (Å²) >= 11 is -2.36. The van der Waals surface area contributed by atoms with Gasteiger partial charge in [-0.2, -0.15) is 0 Å². The van der Waals surface area contributed by atoms with Crippen LogP contribution in [0.4, 0.5) is 0 Å². The third kappa shape index (κ3) is 17.5. The second-order valence-electron chi connectivity index (χ2n) is 2.49. The van der Waals surface area contributed by atoms with Crippen molar-refractivity contribution in [2.45, 2.75) is 25.3 Å². The lowest BCUT2D eigenvalue weighted by Gasteiger charge is -2.03. The van der Waals surface area contributed by atoms with Crippen LogP contribution >= 0.6 is 0 Å². The lowest BCUT2D eigenvalue weighted by Crippen LogP contribution is -2.29. The molecule has 7 N–H and O–H groups in total. The van der Waals surface area contributed by atoms with Gasteiger partial charge < -0.3 is 21.1 Å². The molecule has 0 radical (unpaired) electrons. The zero-order valence-electron chi connectivity index (χ0n) is 7.72. The highest BCUT2D eigenvalue weighted by atomic mass is 32.2. The number of carboxylic acids is 1. The van der Waals surface area contributed by atoms with Gasteiger partial charge in [-0.25, -0.2) is 0 Å². The molecule has 0 spiro atoms. The second kappa shape index (κ2) is 10.5. The van der Waals surface area contributed by atoms with Crippen LogP contribution in [0.25, 0.3) is 0 Å². The predicted octanol–water partition coefficient (Wildman–Crippen LogP) is -1.73. The molecular weight excluding hydrogens is 210 g/mol. The quantitative estimate of drug-likeness (QED) is 0.322. The summed E-state index contributed by atoms with van der Waals surface area (Å²) < 4.78 is 17.6. The third-order valence-corrected chi connectivity index (χ3v) is 1.29. The summed E-state index contributed by atoms with van der Waals surface area (Å²) in [4.78, 5) is 10.1. The van der Waals surface area contributed by atoms with E-state index >= 15 is 0 Å². The van der Waals surface area contributed by atoms with E-state index in [9.17, 15) is 4.79 Å². The van der Waals surface area contributed by atoms with Crippen molar-refractivity contribution in [2.24, 2.45) is 16.6 Å². The van der Waals surface area contributed by atoms with E-state index in [0.717, 1.165) is 12.8 Å². The molecule has 0 amide bonds. The van der Waals surface area contributed by atoms with Gasteiger partial charge in [0.25, 0.3) is 0 Å². The fourth-order valence-electron chi connectivity index (χ4n) is 0.632. The Labute approximate surface area is 85.1 Å². The Morgan fingerprint density at radius 1 is 1.50 bits per heavy atom. The molecule has 0 saturated carbocycles. The maximum atomic E-state index is 10.1. The average Bonchev–Trinajstić information content (AvgIpc) is 2.03. The summed E-state index contributed by atoms with van der Waals surface area (Å²) in [5, 5.41) is 12.4. The largest absolute Gasteiger partial charge is 0.760 e. The van der Waals surface area contributed by atoms with Gasteiger partial charge in [0.1, 0.15) is 6.04 Å². The van der Waals surface area contributed by atoms with Gasteiger partial charge in [-0.3, -0.25) is 14.1 Å². The second-order valence-corrected chi connectivity index (χ2v) is 3.01. The van der Waals surface area contributed by atoms with E-state index < -0.39 is 23.3 Å². The molecule has 0 aliphatic carbocycles. The standard InChI is InChI=1S/C6H14N2O2.H3NO2S/c7-4-2-1-3-5(8)6(9)10;1-4(2)3/h5H,1-4,7-8H2,(H,9,10);1H2,(H,2,3)/p-1. The van der Waals surface area contributed by atoms with Gasteiger partial charge in [0.2, 0.25) is 0 Å². The molecule has 0 rings (SSSR count). The molecule has 7 nitrogen and oxygen atoms in total. The van der Waals surface area contributed by atoms with Crippen LogP contribution in [0.1, 0.15) is 19.3 Å². The molecule has 0 bridgehead atoms. The number of hydrogen-bond donors (Lipinski definition) is 4. The van der Waals surface area contributed by atoms with E-state index in [2.05, 4.69) is 5.14 Å². The average molecular weight is 226 g/mol. The van der Waals surface area contributed by atoms with E-state index in [1.54, 1.807) is 0 Å². The first-order valence-corrected chi connectivity index (χ1v) is 5.07. The number of rotatable bonds is 5. The zero-order valence-corrected chi connectivity index (χ0v) is 8.53. The lowest BCUT2D eigenvalue weighted by molar-refractivity contribution is -0.138. The van der Waals surface area contributed by atoms with E-state index in [-0.39, 0.29) is 0 Å². The van der Waals surface area contributed by atoms with Crippen LogP contribution in [0.5, 0.6) is 0 Å². The molecule has 0 aromatic heterocycles. The third-order valence-electron chi connectivity index (χ3n) is 1.29. The summed E-state index contributed by atoms with van der Waals surface area (Å²) in [5.74, 6) is -0.933. The highest BCUT2D eigenvalue weighted by Gasteiger charge is 2.09. The van der Waals surface area contributed by atoms with Crippen LogP contribution in [-0.4, -0.2) is 32.4 Å². The highest BCUT2D eigenvalue weighted by Crippen LogP contribution is 1.96. The summed E-state index contributed by atoms with van der Waals surface area (Å²) in [6.45, 7) is 0.604. The lowest BCUT2D eigenvalue weighted by atomic mass is 10.1. The van der Waals surface area contributed by atoms with E-state index in [1.165, 1.54) is 0 Å². The summed E-state index contributed by atoms with van der Waals surface area (Å²) in [5.41, 5.74) is 10.4. The number of aliphatic carboxylic acids is 1. The minimum absolute atomic E-state index is 0.520. The number of carboxylic acid groups (broad SMARTS) is 1. The first-order valence-electron chi connectivity index (χ1n) is 3.94. The molecule has 0 aromatic carbocycles. The smallest absolute Gasteiger partial charge is 0.320 e. The molecule has 0 aromatic rings. The number of unbranched alkanes of at least 4 members (excludes halogenated alkanes) is 1. The van der Waals surface area contributed by atoms with E-state index in [4.69, 9.17) is 25.3 Å². The van der Waals surface area contributed by atoms with Gasteiger partial charge >= 0.3 is 5.97 Å². The minimum Gasteiger partial charge on any atom is -0.760 e. The fraction of sp³-hybridized carbons (Fsp3) is 0.833. The molecule has 0 heterocycles. The van der Waals surface area contributed by atoms with Crippen LogP contribution in [0.2, 0.25) is 0 Å². The van der Waals surface area contributed by atoms with Crippen molar-refractivity contribution in [1.82, 2.24) is 0 Å². The number of nitrogens with two attached hydrogens (primary N) is 3. The van der Waals surface area contributed by atoms with Crippen molar-refractivity contribution >= 4 is 17.2 Å². The molecular formula is C6H16N3O4S-. The maximum absolute atomic E-state index is 10.1. The van der Waals surface area contributed by atoms with Crippen molar-refractivity contribution < 1.29 is 18.7 Å². The minimum atomic E-state index is -2.36. The Morgan fingerprint density at radius 3 is 2.21 bits per heavy atom. The first kappa shape index (κ1) is 15.9. The van der Waals surface area contributed by atoms with Gasteiger partial charge in [-0.15, -0.1) is 0 Å². The van der Waals surface area contributed by atoms with Gasteiger partial charge in [-0.1, -0.05) is 6.42 Å². The maximum Gasteiger partial charge on any atom is 0.320 e. The van der Waals surface area contributed by atoms with Gasteiger partial charge in [-0.05, 0) is 19.4 Å². The number of carbonyl (C=O) groups is 1. The fourth-order valence-corrected chi connectivity index (χ4v) is 0.632. The summed E-state index contributed by atoms with van der Waals surface area (Å²) in [6, 6.07) is -0.716. The number of hydrogen-bond acceptors (Lipinski definition) is 5. The van der Waals surface area contributed by atoms with Crippen LogP contribution in [0, 0.1) is 0 Å². The zero-order chi connectivity index (χ0) is 11.6. The molecule has 0 saturated heterocycles. The van der Waals surface area contributed by atoms with Crippen molar-refractivity contribution in [3.8, 4) is 0 Å². The first-order chi connectivity index (χ1) is 6.41. The normalized spacial score (nSPS) is 13.7. The van der Waals surface area contributed by atoms with Gasteiger partial charge in [0, 0.05) is 11.3 Å². The molecule has 8 heteroatoms.